The standard InChI is InChI=1S/C13H24/c1-3-5-6-8-13-10-9-12(11-13)7-4-2/h9-10,12-13H,3-8,11H2,1-2H3. The molecule has 1 rings (SSSR count). The van der Waals surface area contributed by atoms with Gasteiger partial charge in [-0.05, 0) is 31.1 Å². The number of hydrogen-bond acceptors (Lipinski definition) is 0. The van der Waals surface area contributed by atoms with E-state index in [1.807, 2.05) is 0 Å². The first-order valence-corrected chi connectivity index (χ1v) is 6.05. The van der Waals surface area contributed by atoms with Crippen molar-refractivity contribution in [2.45, 2.75) is 58.8 Å². The van der Waals surface area contributed by atoms with Crippen LogP contribution in [0.15, 0.2) is 12.2 Å². The summed E-state index contributed by atoms with van der Waals surface area (Å²) in [5, 5.41) is 0. The lowest BCUT2D eigenvalue weighted by Gasteiger charge is -2.10. The molecule has 0 aromatic rings. The molecule has 0 saturated heterocycles. The second-order valence-corrected chi connectivity index (χ2v) is 4.43. The van der Waals surface area contributed by atoms with Gasteiger partial charge in [-0.2, -0.15) is 0 Å². The molecular weight excluding hydrogens is 156 g/mol. The summed E-state index contributed by atoms with van der Waals surface area (Å²) >= 11 is 0. The van der Waals surface area contributed by atoms with Crippen LogP contribution in [-0.2, 0) is 0 Å². The molecule has 0 N–H and O–H groups in total. The maximum absolute atomic E-state index is 2.47. The molecule has 76 valence electrons. The van der Waals surface area contributed by atoms with Gasteiger partial charge in [0.1, 0.15) is 0 Å². The van der Waals surface area contributed by atoms with Crippen LogP contribution in [0.25, 0.3) is 0 Å². The van der Waals surface area contributed by atoms with Crippen molar-refractivity contribution in [2.24, 2.45) is 11.8 Å². The third kappa shape index (κ3) is 3.97. The number of hydrogen-bond donors (Lipinski definition) is 0. The van der Waals surface area contributed by atoms with E-state index < -0.39 is 0 Å². The molecule has 1 aliphatic rings. The van der Waals surface area contributed by atoms with E-state index in [4.69, 9.17) is 0 Å². The van der Waals surface area contributed by atoms with Crippen LogP contribution in [0.5, 0.6) is 0 Å². The first-order valence-electron chi connectivity index (χ1n) is 6.05. The molecule has 2 atom stereocenters. The van der Waals surface area contributed by atoms with Gasteiger partial charge in [-0.3, -0.25) is 0 Å². The molecular formula is C13H24. The van der Waals surface area contributed by atoms with Crippen molar-refractivity contribution in [3.8, 4) is 0 Å². The fraction of sp³-hybridized carbons (Fsp3) is 0.846. The second kappa shape index (κ2) is 6.23. The predicted molar refractivity (Wildman–Crippen MR) is 59.8 cm³/mol. The van der Waals surface area contributed by atoms with Crippen molar-refractivity contribution in [1.29, 1.82) is 0 Å². The van der Waals surface area contributed by atoms with Crippen molar-refractivity contribution >= 4 is 0 Å². The Morgan fingerprint density at radius 3 is 2.23 bits per heavy atom. The zero-order valence-corrected chi connectivity index (χ0v) is 9.26. The molecule has 0 spiro atoms. The van der Waals surface area contributed by atoms with Gasteiger partial charge >= 0.3 is 0 Å². The van der Waals surface area contributed by atoms with Crippen LogP contribution in [0.3, 0.4) is 0 Å². The van der Waals surface area contributed by atoms with E-state index in [9.17, 15) is 0 Å². The van der Waals surface area contributed by atoms with Crippen LogP contribution in [-0.4, -0.2) is 0 Å². The van der Waals surface area contributed by atoms with Gasteiger partial charge in [0.2, 0.25) is 0 Å². The van der Waals surface area contributed by atoms with Gasteiger partial charge in [0.05, 0.1) is 0 Å². The van der Waals surface area contributed by atoms with E-state index >= 15 is 0 Å². The minimum atomic E-state index is 0.914. The summed E-state index contributed by atoms with van der Waals surface area (Å²) in [4.78, 5) is 0. The first kappa shape index (κ1) is 10.8. The molecule has 0 bridgehead atoms. The Hall–Kier alpha value is -0.260. The molecule has 1 aliphatic carbocycles. The van der Waals surface area contributed by atoms with Crippen molar-refractivity contribution in [3.63, 3.8) is 0 Å². The Balaban J connectivity index is 2.08. The highest BCUT2D eigenvalue weighted by Crippen LogP contribution is 2.30. The van der Waals surface area contributed by atoms with E-state index in [0.29, 0.717) is 0 Å². The van der Waals surface area contributed by atoms with Crippen molar-refractivity contribution in [1.82, 2.24) is 0 Å². The van der Waals surface area contributed by atoms with E-state index in [2.05, 4.69) is 26.0 Å². The monoisotopic (exact) mass is 180 g/mol. The zero-order valence-electron chi connectivity index (χ0n) is 9.26. The van der Waals surface area contributed by atoms with Crippen LogP contribution in [0.2, 0.25) is 0 Å². The quantitative estimate of drug-likeness (QED) is 0.415. The van der Waals surface area contributed by atoms with Crippen LogP contribution < -0.4 is 0 Å². The van der Waals surface area contributed by atoms with Crippen LogP contribution in [0, 0.1) is 11.8 Å². The molecule has 0 fully saturated rings. The molecule has 0 saturated carbocycles. The molecule has 0 heterocycles. The van der Waals surface area contributed by atoms with Gasteiger partial charge in [-0.1, -0.05) is 51.7 Å². The van der Waals surface area contributed by atoms with Gasteiger partial charge in [0.25, 0.3) is 0 Å². The lowest BCUT2D eigenvalue weighted by atomic mass is 9.95. The van der Waals surface area contributed by atoms with Crippen molar-refractivity contribution in [2.75, 3.05) is 0 Å². The van der Waals surface area contributed by atoms with Gasteiger partial charge in [0.15, 0.2) is 0 Å². The summed E-state index contributed by atoms with van der Waals surface area (Å²) in [5.74, 6) is 1.83. The van der Waals surface area contributed by atoms with E-state index in [0.717, 1.165) is 11.8 Å². The number of allylic oxidation sites excluding steroid dienone is 2. The Bertz CT molecular complexity index is 146. The minimum Gasteiger partial charge on any atom is -0.0851 e. The van der Waals surface area contributed by atoms with Gasteiger partial charge < -0.3 is 0 Å². The first-order chi connectivity index (χ1) is 6.36. The van der Waals surface area contributed by atoms with Gasteiger partial charge in [-0.15, -0.1) is 0 Å². The third-order valence-corrected chi connectivity index (χ3v) is 3.10. The molecule has 0 aliphatic heterocycles. The lowest BCUT2D eigenvalue weighted by molar-refractivity contribution is 0.454. The molecule has 0 aromatic heterocycles. The van der Waals surface area contributed by atoms with Crippen LogP contribution in [0.1, 0.15) is 58.8 Å². The number of unbranched alkanes of at least 4 members (excludes halogenated alkanes) is 2. The van der Waals surface area contributed by atoms with E-state index in [1.165, 1.54) is 44.9 Å². The number of rotatable bonds is 6. The normalized spacial score (nSPS) is 26.9. The summed E-state index contributed by atoms with van der Waals surface area (Å²) < 4.78 is 0. The van der Waals surface area contributed by atoms with Crippen molar-refractivity contribution in [3.05, 3.63) is 12.2 Å². The fourth-order valence-corrected chi connectivity index (χ4v) is 2.32. The zero-order chi connectivity index (χ0) is 9.52. The summed E-state index contributed by atoms with van der Waals surface area (Å²) in [6.07, 6.45) is 14.8. The molecule has 2 unspecified atom stereocenters. The maximum Gasteiger partial charge on any atom is -0.0228 e. The second-order valence-electron chi connectivity index (χ2n) is 4.43. The van der Waals surface area contributed by atoms with Crippen molar-refractivity contribution < 1.29 is 0 Å². The summed E-state index contributed by atoms with van der Waals surface area (Å²) in [6, 6.07) is 0. The predicted octanol–water partition coefficient (Wildman–Crippen LogP) is 4.56. The molecule has 0 nitrogen and oxygen atoms in total. The van der Waals surface area contributed by atoms with Gasteiger partial charge in [0, 0.05) is 0 Å². The Labute approximate surface area is 83.4 Å². The Kier molecular flexibility index (Phi) is 5.19. The highest BCUT2D eigenvalue weighted by molar-refractivity contribution is 5.01. The molecule has 0 amide bonds. The summed E-state index contributed by atoms with van der Waals surface area (Å²) in [7, 11) is 0. The fourth-order valence-electron chi connectivity index (χ4n) is 2.32. The van der Waals surface area contributed by atoms with E-state index in [1.54, 1.807) is 0 Å². The minimum absolute atomic E-state index is 0.914. The van der Waals surface area contributed by atoms with Gasteiger partial charge in [-0.25, -0.2) is 0 Å². The molecule has 13 heavy (non-hydrogen) atoms. The highest BCUT2D eigenvalue weighted by Gasteiger charge is 2.16. The third-order valence-electron chi connectivity index (χ3n) is 3.10. The molecule has 0 heteroatoms. The largest absolute Gasteiger partial charge is 0.0851 e. The molecule has 0 aromatic carbocycles. The SMILES string of the molecule is CCCCCC1C=CC(CCC)C1. The Morgan fingerprint density at radius 1 is 0.923 bits per heavy atom. The lowest BCUT2D eigenvalue weighted by Crippen LogP contribution is -1.97. The average molecular weight is 180 g/mol. The Morgan fingerprint density at radius 2 is 1.62 bits per heavy atom. The maximum atomic E-state index is 2.47. The van der Waals surface area contributed by atoms with Crippen LogP contribution >= 0.6 is 0 Å². The topological polar surface area (TPSA) is 0 Å². The smallest absolute Gasteiger partial charge is 0.0228 e. The summed E-state index contributed by atoms with van der Waals surface area (Å²) in [5.41, 5.74) is 0. The molecule has 0 radical (unpaired) electrons. The van der Waals surface area contributed by atoms with E-state index in [-0.39, 0.29) is 0 Å². The highest BCUT2D eigenvalue weighted by atomic mass is 14.2. The average Bonchev–Trinajstić information content (AvgIpc) is 2.54. The van der Waals surface area contributed by atoms with Crippen LogP contribution in [0.4, 0.5) is 0 Å². The summed E-state index contributed by atoms with van der Waals surface area (Å²) in [6.45, 7) is 4.57.